The summed E-state index contributed by atoms with van der Waals surface area (Å²) < 4.78 is 2.68. The Hall–Kier alpha value is -1.69. The van der Waals surface area contributed by atoms with Crippen LogP contribution in [0.25, 0.3) is 5.69 Å². The maximum absolute atomic E-state index is 11.0. The number of carboxylic acid groups (broad SMARTS) is 1. The molecule has 20 heavy (non-hydrogen) atoms. The van der Waals surface area contributed by atoms with Crippen LogP contribution in [0.5, 0.6) is 0 Å². The van der Waals surface area contributed by atoms with Crippen LogP contribution in [0.1, 0.15) is 40.9 Å². The molecule has 6 heteroatoms. The molecule has 0 aliphatic heterocycles. The zero-order valence-corrected chi connectivity index (χ0v) is 13.2. The van der Waals surface area contributed by atoms with Gasteiger partial charge in [-0.05, 0) is 43.5 Å². The normalized spacial score (nSPS) is 10.8. The van der Waals surface area contributed by atoms with Gasteiger partial charge in [0.2, 0.25) is 0 Å². The van der Waals surface area contributed by atoms with Crippen LogP contribution in [0.3, 0.4) is 0 Å². The summed E-state index contributed by atoms with van der Waals surface area (Å²) in [5, 5.41) is 13.1. The van der Waals surface area contributed by atoms with Crippen LogP contribution in [0.15, 0.2) is 16.6 Å². The van der Waals surface area contributed by atoms with Gasteiger partial charge in [0.05, 0.1) is 5.69 Å². The lowest BCUT2D eigenvalue weighted by molar-refractivity contribution is 0.0683. The minimum absolute atomic E-state index is 0.160. The van der Waals surface area contributed by atoms with Crippen LogP contribution in [0, 0.1) is 13.8 Å². The van der Waals surface area contributed by atoms with Gasteiger partial charge in [-0.3, -0.25) is 0 Å². The first-order valence-electron chi connectivity index (χ1n) is 6.40. The molecule has 106 valence electrons. The highest BCUT2D eigenvalue weighted by atomic mass is 79.9. The number of halogens is 1. The number of carbonyl (C=O) groups is 1. The summed E-state index contributed by atoms with van der Waals surface area (Å²) in [5.74, 6) is -0.593. The summed E-state index contributed by atoms with van der Waals surface area (Å²) in [7, 11) is 0. The lowest BCUT2D eigenvalue weighted by Crippen LogP contribution is -2.05. The number of rotatable bonds is 4. The molecule has 0 aliphatic rings. The summed E-state index contributed by atoms with van der Waals surface area (Å²) in [6.07, 6.45) is 1.57. The summed E-state index contributed by atoms with van der Waals surface area (Å²) in [5.41, 5.74) is 3.00. The van der Waals surface area contributed by atoms with Crippen LogP contribution < -0.4 is 0 Å². The van der Waals surface area contributed by atoms with Gasteiger partial charge in [-0.1, -0.05) is 22.9 Å². The number of carboxylic acids is 1. The Balaban J connectivity index is 2.58. The van der Waals surface area contributed by atoms with Crippen molar-refractivity contribution in [1.29, 1.82) is 0 Å². The van der Waals surface area contributed by atoms with E-state index in [1.54, 1.807) is 4.68 Å². The fourth-order valence-corrected chi connectivity index (χ4v) is 2.30. The molecule has 1 N–H and O–H groups in total. The Kier molecular flexibility index (Phi) is 4.23. The average molecular weight is 338 g/mol. The van der Waals surface area contributed by atoms with Gasteiger partial charge in [0.15, 0.2) is 0 Å². The Labute approximate surface area is 125 Å². The lowest BCUT2D eigenvalue weighted by atomic mass is 10.1. The predicted molar refractivity (Wildman–Crippen MR) is 79.5 cm³/mol. The molecule has 0 saturated heterocycles. The van der Waals surface area contributed by atoms with Crippen LogP contribution >= 0.6 is 15.9 Å². The number of aryl methyl sites for hydroxylation is 3. The van der Waals surface area contributed by atoms with Crippen LogP contribution in [-0.4, -0.2) is 25.8 Å². The number of hydrogen-bond acceptors (Lipinski definition) is 3. The zero-order valence-electron chi connectivity index (χ0n) is 11.6. The van der Waals surface area contributed by atoms with E-state index >= 15 is 0 Å². The zero-order chi connectivity index (χ0) is 14.9. The van der Waals surface area contributed by atoms with Crippen molar-refractivity contribution in [2.75, 3.05) is 0 Å². The highest BCUT2D eigenvalue weighted by Gasteiger charge is 2.16. The fourth-order valence-electron chi connectivity index (χ4n) is 2.07. The lowest BCUT2D eigenvalue weighted by Gasteiger charge is -2.09. The summed E-state index contributed by atoms with van der Waals surface area (Å²) >= 11 is 3.52. The Morgan fingerprint density at radius 1 is 1.35 bits per heavy atom. The Bertz CT molecular complexity index is 641. The first kappa shape index (κ1) is 14.7. The SMILES string of the molecule is CCCc1nc(C(=O)O)nn1-c1cc(C)c(Br)c(C)c1. The predicted octanol–water partition coefficient (Wildman–Crippen LogP) is 3.30. The van der Waals surface area contributed by atoms with Crippen molar-refractivity contribution in [3.8, 4) is 5.69 Å². The standard InChI is InChI=1S/C14H16BrN3O2/c1-4-5-11-16-13(14(19)20)17-18(11)10-6-8(2)12(15)9(3)7-10/h6-7H,4-5H2,1-3H3,(H,19,20). The molecular weight excluding hydrogens is 322 g/mol. The number of aromatic carboxylic acids is 1. The van der Waals surface area contributed by atoms with E-state index < -0.39 is 5.97 Å². The number of benzene rings is 1. The van der Waals surface area contributed by atoms with Crippen molar-refractivity contribution in [2.45, 2.75) is 33.6 Å². The quantitative estimate of drug-likeness (QED) is 0.929. The Morgan fingerprint density at radius 3 is 2.45 bits per heavy atom. The highest BCUT2D eigenvalue weighted by molar-refractivity contribution is 9.10. The molecule has 0 fully saturated rings. The molecule has 1 heterocycles. The largest absolute Gasteiger partial charge is 0.475 e. The van der Waals surface area contributed by atoms with E-state index in [9.17, 15) is 4.79 Å². The third kappa shape index (κ3) is 2.75. The number of nitrogens with zero attached hydrogens (tertiary/aromatic N) is 3. The van der Waals surface area contributed by atoms with Crippen molar-refractivity contribution < 1.29 is 9.90 Å². The van der Waals surface area contributed by atoms with Crippen molar-refractivity contribution in [3.63, 3.8) is 0 Å². The maximum atomic E-state index is 11.0. The third-order valence-electron chi connectivity index (χ3n) is 3.00. The molecular formula is C14H16BrN3O2. The number of hydrogen-bond donors (Lipinski definition) is 1. The molecule has 2 aromatic rings. The smallest absolute Gasteiger partial charge is 0.375 e. The van der Waals surface area contributed by atoms with E-state index in [0.29, 0.717) is 12.2 Å². The molecule has 1 aromatic carbocycles. The Morgan fingerprint density at radius 2 is 1.95 bits per heavy atom. The van der Waals surface area contributed by atoms with Gasteiger partial charge in [-0.15, -0.1) is 5.10 Å². The summed E-state index contributed by atoms with van der Waals surface area (Å²) in [6.45, 7) is 6.02. The molecule has 0 radical (unpaired) electrons. The summed E-state index contributed by atoms with van der Waals surface area (Å²) in [4.78, 5) is 15.1. The molecule has 0 saturated carbocycles. The molecule has 2 rings (SSSR count). The minimum atomic E-state index is -1.10. The van der Waals surface area contributed by atoms with E-state index in [1.807, 2.05) is 32.9 Å². The number of aromatic nitrogens is 3. The van der Waals surface area contributed by atoms with Crippen LogP contribution in [0.4, 0.5) is 0 Å². The molecule has 0 bridgehead atoms. The van der Waals surface area contributed by atoms with Gasteiger partial charge in [0.25, 0.3) is 5.82 Å². The first-order chi connectivity index (χ1) is 9.43. The molecule has 0 atom stereocenters. The minimum Gasteiger partial charge on any atom is -0.475 e. The molecule has 5 nitrogen and oxygen atoms in total. The second-order valence-corrected chi connectivity index (χ2v) is 5.51. The van der Waals surface area contributed by atoms with E-state index in [2.05, 4.69) is 26.0 Å². The van der Waals surface area contributed by atoms with Gasteiger partial charge < -0.3 is 5.11 Å². The second-order valence-electron chi connectivity index (χ2n) is 4.71. The van der Waals surface area contributed by atoms with Crippen LogP contribution in [-0.2, 0) is 6.42 Å². The van der Waals surface area contributed by atoms with Crippen molar-refractivity contribution >= 4 is 21.9 Å². The first-order valence-corrected chi connectivity index (χ1v) is 7.19. The van der Waals surface area contributed by atoms with Gasteiger partial charge in [0, 0.05) is 10.9 Å². The maximum Gasteiger partial charge on any atom is 0.375 e. The molecule has 1 aromatic heterocycles. The summed E-state index contributed by atoms with van der Waals surface area (Å²) in [6, 6.07) is 3.94. The van der Waals surface area contributed by atoms with Gasteiger partial charge in [0.1, 0.15) is 5.82 Å². The molecule has 0 spiro atoms. The van der Waals surface area contributed by atoms with Crippen molar-refractivity contribution in [3.05, 3.63) is 39.4 Å². The molecule has 0 unspecified atom stereocenters. The van der Waals surface area contributed by atoms with E-state index in [-0.39, 0.29) is 5.82 Å². The topological polar surface area (TPSA) is 68.0 Å². The molecule has 0 amide bonds. The third-order valence-corrected chi connectivity index (χ3v) is 4.26. The van der Waals surface area contributed by atoms with Gasteiger partial charge >= 0.3 is 5.97 Å². The van der Waals surface area contributed by atoms with Crippen molar-refractivity contribution in [1.82, 2.24) is 14.8 Å². The molecule has 0 aliphatic carbocycles. The second kappa shape index (κ2) is 5.75. The van der Waals surface area contributed by atoms with Gasteiger partial charge in [-0.25, -0.2) is 14.5 Å². The van der Waals surface area contributed by atoms with E-state index in [4.69, 9.17) is 5.11 Å². The fraction of sp³-hybridized carbons (Fsp3) is 0.357. The van der Waals surface area contributed by atoms with Crippen LogP contribution in [0.2, 0.25) is 0 Å². The van der Waals surface area contributed by atoms with Gasteiger partial charge in [-0.2, -0.15) is 0 Å². The van der Waals surface area contributed by atoms with Crippen molar-refractivity contribution in [2.24, 2.45) is 0 Å². The van der Waals surface area contributed by atoms with E-state index in [1.165, 1.54) is 0 Å². The monoisotopic (exact) mass is 337 g/mol. The average Bonchev–Trinajstić information content (AvgIpc) is 2.80. The van der Waals surface area contributed by atoms with E-state index in [0.717, 1.165) is 27.7 Å². The highest BCUT2D eigenvalue weighted by Crippen LogP contribution is 2.25.